The van der Waals surface area contributed by atoms with Gasteiger partial charge in [0.2, 0.25) is 0 Å². The van der Waals surface area contributed by atoms with Crippen molar-refractivity contribution in [1.29, 1.82) is 0 Å². The average Bonchev–Trinajstić information content (AvgIpc) is 2.92. The normalized spacial score (nSPS) is 14.7. The van der Waals surface area contributed by atoms with Crippen LogP contribution in [0, 0.1) is 13.8 Å². The highest BCUT2D eigenvalue weighted by Crippen LogP contribution is 2.13. The van der Waals surface area contributed by atoms with Gasteiger partial charge in [-0.3, -0.25) is 14.7 Å². The van der Waals surface area contributed by atoms with Crippen molar-refractivity contribution >= 4 is 18.1 Å². The van der Waals surface area contributed by atoms with Gasteiger partial charge in [0.1, 0.15) is 0 Å². The average molecular weight is 343 g/mol. The van der Waals surface area contributed by atoms with Gasteiger partial charge in [0.15, 0.2) is 0 Å². The Hall–Kier alpha value is -3.47. The number of rotatable bonds is 2. The van der Waals surface area contributed by atoms with Crippen LogP contribution in [-0.2, 0) is 4.79 Å². The van der Waals surface area contributed by atoms with E-state index in [0.717, 1.165) is 16.5 Å². The Morgan fingerprint density at radius 3 is 2.54 bits per heavy atom. The first-order chi connectivity index (χ1) is 12.5. The quantitative estimate of drug-likeness (QED) is 0.721. The summed E-state index contributed by atoms with van der Waals surface area (Å²) in [6.45, 7) is 3.74. The minimum atomic E-state index is -0.335. The Morgan fingerprint density at radius 1 is 1.00 bits per heavy atom. The van der Waals surface area contributed by atoms with E-state index < -0.39 is 0 Å². The van der Waals surface area contributed by atoms with Gasteiger partial charge in [-0.05, 0) is 43.7 Å². The third kappa shape index (κ3) is 2.63. The number of carbonyl (C=O) groups excluding carboxylic acids is 1. The Balaban J connectivity index is 1.87. The molecular weight excluding hydrogens is 326 g/mol. The molecule has 128 valence electrons. The summed E-state index contributed by atoms with van der Waals surface area (Å²) in [6.07, 6.45) is 3.40. The lowest BCUT2D eigenvalue weighted by Crippen LogP contribution is -2.32. The van der Waals surface area contributed by atoms with Crippen LogP contribution in [0.4, 0.5) is 0 Å². The minimum Gasteiger partial charge on any atom is -0.295 e. The molecule has 0 bridgehead atoms. The third-order valence-electron chi connectivity index (χ3n) is 4.47. The van der Waals surface area contributed by atoms with E-state index in [1.807, 2.05) is 62.4 Å². The topological polar surface area (TPSA) is 67.2 Å². The highest BCUT2D eigenvalue weighted by atomic mass is 16.1. The Bertz CT molecular complexity index is 1230. The largest absolute Gasteiger partial charge is 0.295 e. The van der Waals surface area contributed by atoms with Crippen LogP contribution in [0.3, 0.4) is 0 Å². The summed E-state index contributed by atoms with van der Waals surface area (Å²) in [7, 11) is 0. The molecule has 1 N–H and O–H groups in total. The Kier molecular flexibility index (Phi) is 3.77. The summed E-state index contributed by atoms with van der Waals surface area (Å²) in [5.74, 6) is -0.335. The zero-order chi connectivity index (χ0) is 18.3. The van der Waals surface area contributed by atoms with Gasteiger partial charge in [0, 0.05) is 16.5 Å². The second-order valence-electron chi connectivity index (χ2n) is 6.30. The number of nitrogens with one attached hydrogen (secondary N) is 1. The Morgan fingerprint density at radius 2 is 1.77 bits per heavy atom. The van der Waals surface area contributed by atoms with E-state index in [1.165, 1.54) is 4.68 Å². The zero-order valence-electron chi connectivity index (χ0n) is 14.5. The summed E-state index contributed by atoms with van der Waals surface area (Å²) in [6, 6.07) is 15.1. The Labute approximate surface area is 149 Å². The molecule has 0 saturated heterocycles. The molecule has 0 atom stereocenters. The number of hydrogen-bond acceptors (Lipinski definition) is 2. The summed E-state index contributed by atoms with van der Waals surface area (Å²) in [5.41, 5.74) is 3.06. The SMILES string of the molecule is Cc1[nH]n(-c2ccccc2)c(=O)c1C=C1C=c2cccc(C)c2=NC1=O. The molecule has 1 amide bonds. The van der Waals surface area contributed by atoms with E-state index >= 15 is 0 Å². The summed E-state index contributed by atoms with van der Waals surface area (Å²) in [5, 5.41) is 4.64. The molecule has 2 heterocycles. The van der Waals surface area contributed by atoms with Crippen molar-refractivity contribution in [2.75, 3.05) is 0 Å². The molecule has 5 nitrogen and oxygen atoms in total. The van der Waals surface area contributed by atoms with E-state index in [0.29, 0.717) is 22.2 Å². The van der Waals surface area contributed by atoms with Crippen LogP contribution in [0.25, 0.3) is 17.8 Å². The molecule has 0 fully saturated rings. The summed E-state index contributed by atoms with van der Waals surface area (Å²) >= 11 is 0. The smallest absolute Gasteiger partial charge is 0.278 e. The molecule has 1 aliphatic rings. The molecule has 2 aromatic carbocycles. The van der Waals surface area contributed by atoms with Crippen LogP contribution in [0.15, 0.2) is 63.9 Å². The fourth-order valence-electron chi connectivity index (χ4n) is 3.09. The molecule has 1 aliphatic heterocycles. The fourth-order valence-corrected chi connectivity index (χ4v) is 3.09. The van der Waals surface area contributed by atoms with Gasteiger partial charge in [-0.1, -0.05) is 36.4 Å². The van der Waals surface area contributed by atoms with Crippen molar-refractivity contribution in [2.45, 2.75) is 13.8 Å². The number of aromatic amines is 1. The lowest BCUT2D eigenvalue weighted by Gasteiger charge is -2.04. The van der Waals surface area contributed by atoms with E-state index in [1.54, 1.807) is 12.2 Å². The van der Waals surface area contributed by atoms with E-state index in [9.17, 15) is 9.59 Å². The van der Waals surface area contributed by atoms with Crippen LogP contribution in [0.5, 0.6) is 0 Å². The van der Waals surface area contributed by atoms with Crippen molar-refractivity contribution < 1.29 is 4.79 Å². The zero-order valence-corrected chi connectivity index (χ0v) is 14.5. The van der Waals surface area contributed by atoms with Gasteiger partial charge in [-0.25, -0.2) is 9.67 Å². The molecular formula is C21H17N3O2. The number of para-hydroxylation sites is 2. The van der Waals surface area contributed by atoms with Crippen molar-refractivity contribution in [3.63, 3.8) is 0 Å². The predicted octanol–water partition coefficient (Wildman–Crippen LogP) is 1.81. The number of nitrogens with zero attached hydrogens (tertiary/aromatic N) is 2. The van der Waals surface area contributed by atoms with Crippen LogP contribution in [-0.4, -0.2) is 15.7 Å². The fraction of sp³-hybridized carbons (Fsp3) is 0.0952. The number of aryl methyl sites for hydroxylation is 2. The van der Waals surface area contributed by atoms with Crippen LogP contribution in [0.1, 0.15) is 16.8 Å². The first kappa shape index (κ1) is 16.0. The molecule has 0 spiro atoms. The minimum absolute atomic E-state index is 0.197. The van der Waals surface area contributed by atoms with Gasteiger partial charge in [0.25, 0.3) is 11.5 Å². The maximum Gasteiger partial charge on any atom is 0.278 e. The van der Waals surface area contributed by atoms with E-state index in [-0.39, 0.29) is 11.5 Å². The standard InChI is InChI=1S/C21H17N3O2/c1-13-7-6-8-15-11-16(20(25)22-19(13)15)12-18-14(2)23-24(21(18)26)17-9-4-3-5-10-17/h3-12,23H,1-2H3. The number of amides is 1. The molecule has 5 heteroatoms. The second kappa shape index (κ2) is 6.11. The lowest BCUT2D eigenvalue weighted by molar-refractivity contribution is -0.114. The second-order valence-corrected chi connectivity index (χ2v) is 6.30. The van der Waals surface area contributed by atoms with Gasteiger partial charge in [-0.15, -0.1) is 0 Å². The highest BCUT2D eigenvalue weighted by molar-refractivity contribution is 6.07. The number of benzene rings is 2. The van der Waals surface area contributed by atoms with E-state index in [4.69, 9.17) is 0 Å². The molecule has 0 aliphatic carbocycles. The van der Waals surface area contributed by atoms with Crippen LogP contribution in [0.2, 0.25) is 0 Å². The van der Waals surface area contributed by atoms with Gasteiger partial charge >= 0.3 is 0 Å². The summed E-state index contributed by atoms with van der Waals surface area (Å²) < 4.78 is 1.48. The maximum absolute atomic E-state index is 12.8. The van der Waals surface area contributed by atoms with E-state index in [2.05, 4.69) is 10.1 Å². The van der Waals surface area contributed by atoms with Crippen LogP contribution < -0.4 is 16.1 Å². The molecule has 0 saturated carbocycles. The number of aromatic nitrogens is 2. The first-order valence-electron chi connectivity index (χ1n) is 8.34. The molecule has 4 rings (SSSR count). The van der Waals surface area contributed by atoms with Crippen molar-refractivity contribution in [1.82, 2.24) is 9.78 Å². The monoisotopic (exact) mass is 343 g/mol. The van der Waals surface area contributed by atoms with Gasteiger partial charge in [0.05, 0.1) is 16.6 Å². The highest BCUT2D eigenvalue weighted by Gasteiger charge is 2.15. The van der Waals surface area contributed by atoms with Crippen molar-refractivity contribution in [2.24, 2.45) is 4.99 Å². The number of hydrogen-bond donors (Lipinski definition) is 1. The van der Waals surface area contributed by atoms with Gasteiger partial charge in [-0.2, -0.15) is 0 Å². The predicted molar refractivity (Wildman–Crippen MR) is 101 cm³/mol. The number of carbonyl (C=O) groups is 1. The number of fused-ring (bicyclic) bond motifs is 1. The third-order valence-corrected chi connectivity index (χ3v) is 4.47. The first-order valence-corrected chi connectivity index (χ1v) is 8.34. The molecule has 0 unspecified atom stereocenters. The molecule has 26 heavy (non-hydrogen) atoms. The number of H-pyrrole nitrogens is 1. The van der Waals surface area contributed by atoms with Crippen molar-refractivity contribution in [3.05, 3.63) is 91.9 Å². The molecule has 0 radical (unpaired) electrons. The molecule has 3 aromatic rings. The van der Waals surface area contributed by atoms with Crippen LogP contribution >= 0.6 is 0 Å². The summed E-state index contributed by atoms with van der Waals surface area (Å²) in [4.78, 5) is 29.4. The maximum atomic E-state index is 12.8. The van der Waals surface area contributed by atoms with Gasteiger partial charge < -0.3 is 0 Å². The lowest BCUT2D eigenvalue weighted by atomic mass is 10.1. The van der Waals surface area contributed by atoms with Crippen molar-refractivity contribution in [3.8, 4) is 5.69 Å². The molecule has 1 aromatic heterocycles.